The van der Waals surface area contributed by atoms with Gasteiger partial charge in [-0.1, -0.05) is 84.9 Å². The fraction of sp³-hybridized carbons (Fsp3) is 0.0606. The lowest BCUT2D eigenvalue weighted by atomic mass is 10.2. The molecule has 4 aromatic carbocycles. The molecule has 0 saturated carbocycles. The Labute approximate surface area is 241 Å². The fourth-order valence-electron chi connectivity index (χ4n) is 4.79. The molecule has 6 rings (SSSR count). The first-order valence-corrected chi connectivity index (χ1v) is 13.5. The lowest BCUT2D eigenvalue weighted by Crippen LogP contribution is -2.23. The number of aromatic nitrogens is 2. The van der Waals surface area contributed by atoms with Crippen LogP contribution in [0.1, 0.15) is 32.1 Å². The molecule has 0 unspecified atom stereocenters. The molecule has 0 spiro atoms. The molecule has 0 fully saturated rings. The maximum atomic E-state index is 13.1. The molecule has 208 valence electrons. The second-order valence-electron chi connectivity index (χ2n) is 9.82. The summed E-state index contributed by atoms with van der Waals surface area (Å²) in [6.07, 6.45) is 0. The quantitative estimate of drug-likeness (QED) is 0.134. The third-order valence-corrected chi connectivity index (χ3v) is 6.89. The molecule has 2 heterocycles. The smallest absolute Gasteiger partial charge is 0.323 e. The molecular formula is C33H28N6O3. The van der Waals surface area contributed by atoms with Gasteiger partial charge in [-0.3, -0.25) is 9.59 Å². The molecule has 0 aliphatic heterocycles. The van der Waals surface area contributed by atoms with Gasteiger partial charge >= 0.3 is 6.03 Å². The highest BCUT2D eigenvalue weighted by molar-refractivity contribution is 6.10. The lowest BCUT2D eigenvalue weighted by molar-refractivity contribution is 0.0939. The van der Waals surface area contributed by atoms with Gasteiger partial charge in [0.05, 0.1) is 22.4 Å². The predicted octanol–water partition coefficient (Wildman–Crippen LogP) is 6.15. The van der Waals surface area contributed by atoms with Crippen LogP contribution in [-0.4, -0.2) is 27.8 Å². The van der Waals surface area contributed by atoms with Crippen LogP contribution < -0.4 is 21.3 Å². The summed E-state index contributed by atoms with van der Waals surface area (Å²) in [5, 5.41) is 13.1. The SMILES string of the molecule is O=C(Nc1cccc2cc(C(=O)NCc3ccccc3)[nH]c12)Nc1cccc2cc(C(=O)NCc3ccccc3)[nH]c12. The van der Waals surface area contributed by atoms with Crippen LogP contribution in [0.5, 0.6) is 0 Å². The van der Waals surface area contributed by atoms with Crippen molar-refractivity contribution >= 4 is 51.0 Å². The molecule has 2 aromatic heterocycles. The van der Waals surface area contributed by atoms with E-state index in [4.69, 9.17) is 0 Å². The van der Waals surface area contributed by atoms with E-state index in [9.17, 15) is 14.4 Å². The Bertz CT molecular complexity index is 1760. The molecule has 0 aliphatic rings. The largest absolute Gasteiger partial charge is 0.349 e. The van der Waals surface area contributed by atoms with Gasteiger partial charge in [-0.25, -0.2) is 4.79 Å². The van der Waals surface area contributed by atoms with Crippen molar-refractivity contribution in [2.45, 2.75) is 13.1 Å². The minimum Gasteiger partial charge on any atom is -0.349 e. The number of rotatable bonds is 8. The Balaban J connectivity index is 1.14. The van der Waals surface area contributed by atoms with Crippen molar-refractivity contribution in [3.8, 4) is 0 Å². The molecular weight excluding hydrogens is 528 g/mol. The summed E-state index contributed by atoms with van der Waals surface area (Å²) in [6.45, 7) is 0.812. The van der Waals surface area contributed by atoms with Gasteiger partial charge in [0.25, 0.3) is 11.8 Å². The zero-order valence-electron chi connectivity index (χ0n) is 22.5. The van der Waals surface area contributed by atoms with Crippen LogP contribution in [0.2, 0.25) is 0 Å². The summed E-state index contributed by atoms with van der Waals surface area (Å²) in [5.74, 6) is -0.486. The number of carbonyl (C=O) groups excluding carboxylic acids is 3. The lowest BCUT2D eigenvalue weighted by Gasteiger charge is -2.09. The molecule has 9 heteroatoms. The summed E-state index contributed by atoms with van der Waals surface area (Å²) in [4.78, 5) is 44.9. The normalized spacial score (nSPS) is 10.9. The van der Waals surface area contributed by atoms with E-state index in [0.717, 1.165) is 21.9 Å². The van der Waals surface area contributed by atoms with Crippen LogP contribution in [0, 0.1) is 0 Å². The maximum Gasteiger partial charge on any atom is 0.323 e. The number of carbonyl (C=O) groups is 3. The molecule has 0 aliphatic carbocycles. The Morgan fingerprint density at radius 1 is 0.524 bits per heavy atom. The van der Waals surface area contributed by atoms with Gasteiger partial charge in [0.2, 0.25) is 0 Å². The van der Waals surface area contributed by atoms with E-state index < -0.39 is 6.03 Å². The van der Waals surface area contributed by atoms with E-state index in [0.29, 0.717) is 46.9 Å². The van der Waals surface area contributed by atoms with Crippen LogP contribution in [0.15, 0.2) is 109 Å². The van der Waals surface area contributed by atoms with Gasteiger partial charge in [-0.05, 0) is 35.4 Å². The van der Waals surface area contributed by atoms with E-state index >= 15 is 0 Å². The van der Waals surface area contributed by atoms with E-state index in [1.54, 1.807) is 24.3 Å². The van der Waals surface area contributed by atoms with Crippen LogP contribution in [-0.2, 0) is 13.1 Å². The van der Waals surface area contributed by atoms with Crippen molar-refractivity contribution in [1.82, 2.24) is 20.6 Å². The minimum atomic E-state index is -0.468. The van der Waals surface area contributed by atoms with Crippen molar-refractivity contribution in [2.24, 2.45) is 0 Å². The van der Waals surface area contributed by atoms with E-state index in [1.807, 2.05) is 84.9 Å². The fourth-order valence-corrected chi connectivity index (χ4v) is 4.79. The van der Waals surface area contributed by atoms with Crippen LogP contribution >= 0.6 is 0 Å². The van der Waals surface area contributed by atoms with Gasteiger partial charge < -0.3 is 31.2 Å². The monoisotopic (exact) mass is 556 g/mol. The Kier molecular flexibility index (Phi) is 7.37. The van der Waals surface area contributed by atoms with Crippen LogP contribution in [0.3, 0.4) is 0 Å². The van der Waals surface area contributed by atoms with Crippen molar-refractivity contribution in [3.63, 3.8) is 0 Å². The number of amides is 4. The Morgan fingerprint density at radius 3 is 1.38 bits per heavy atom. The first kappa shape index (κ1) is 26.4. The van der Waals surface area contributed by atoms with E-state index in [-0.39, 0.29) is 11.8 Å². The molecule has 0 radical (unpaired) electrons. The average Bonchev–Trinajstić information content (AvgIpc) is 3.66. The molecule has 0 bridgehead atoms. The van der Waals surface area contributed by atoms with Gasteiger partial charge in [0.1, 0.15) is 11.4 Å². The van der Waals surface area contributed by atoms with Gasteiger partial charge in [0, 0.05) is 23.9 Å². The number of aromatic amines is 2. The van der Waals surface area contributed by atoms with Crippen LogP contribution in [0.4, 0.5) is 16.2 Å². The van der Waals surface area contributed by atoms with Gasteiger partial charge in [-0.15, -0.1) is 0 Å². The van der Waals surface area contributed by atoms with E-state index in [2.05, 4.69) is 31.2 Å². The molecule has 0 atom stereocenters. The second kappa shape index (κ2) is 11.7. The Morgan fingerprint density at radius 2 is 0.952 bits per heavy atom. The zero-order valence-corrected chi connectivity index (χ0v) is 22.5. The topological polar surface area (TPSA) is 131 Å². The Hall–Kier alpha value is -5.83. The summed E-state index contributed by atoms with van der Waals surface area (Å²) >= 11 is 0. The number of hydrogen-bond acceptors (Lipinski definition) is 3. The number of anilines is 2. The second-order valence-corrected chi connectivity index (χ2v) is 9.82. The molecule has 9 nitrogen and oxygen atoms in total. The summed E-state index contributed by atoms with van der Waals surface area (Å²) < 4.78 is 0. The number of benzene rings is 4. The number of para-hydroxylation sites is 2. The molecule has 6 N–H and O–H groups in total. The number of fused-ring (bicyclic) bond motifs is 2. The highest BCUT2D eigenvalue weighted by Crippen LogP contribution is 2.26. The maximum absolute atomic E-state index is 13.1. The van der Waals surface area contributed by atoms with Crippen LogP contribution in [0.25, 0.3) is 21.8 Å². The number of H-pyrrole nitrogens is 2. The van der Waals surface area contributed by atoms with Gasteiger partial charge in [-0.2, -0.15) is 0 Å². The van der Waals surface area contributed by atoms with Gasteiger partial charge in [0.15, 0.2) is 0 Å². The van der Waals surface area contributed by atoms with Crippen molar-refractivity contribution in [2.75, 3.05) is 10.6 Å². The number of nitrogens with one attached hydrogen (secondary N) is 6. The minimum absolute atomic E-state index is 0.243. The summed E-state index contributed by atoms with van der Waals surface area (Å²) in [5.41, 5.74) is 5.09. The third kappa shape index (κ3) is 5.85. The molecule has 6 aromatic rings. The standard InChI is InChI=1S/C33H28N6O3/c40-31(34-19-21-9-3-1-4-10-21)27-17-23-13-7-15-25(29(23)36-27)38-33(42)39-26-16-8-14-24-18-28(37-30(24)26)32(41)35-20-22-11-5-2-6-12-22/h1-18,36-37H,19-20H2,(H,34,40)(H,35,41)(H2,38,39,42). The first-order valence-electron chi connectivity index (χ1n) is 13.5. The summed E-state index contributed by atoms with van der Waals surface area (Å²) in [6, 6.07) is 33.2. The number of hydrogen-bond donors (Lipinski definition) is 6. The molecule has 0 saturated heterocycles. The van der Waals surface area contributed by atoms with E-state index in [1.165, 1.54) is 0 Å². The highest BCUT2D eigenvalue weighted by atomic mass is 16.2. The molecule has 4 amide bonds. The highest BCUT2D eigenvalue weighted by Gasteiger charge is 2.15. The van der Waals surface area contributed by atoms with Crippen molar-refractivity contribution in [3.05, 3.63) is 132 Å². The molecule has 42 heavy (non-hydrogen) atoms. The number of urea groups is 1. The zero-order chi connectivity index (χ0) is 28.9. The van der Waals surface area contributed by atoms with Crippen molar-refractivity contribution in [1.29, 1.82) is 0 Å². The average molecular weight is 557 g/mol. The third-order valence-electron chi connectivity index (χ3n) is 6.89. The predicted molar refractivity (Wildman–Crippen MR) is 164 cm³/mol. The first-order chi connectivity index (χ1) is 20.5. The van der Waals surface area contributed by atoms with Crippen molar-refractivity contribution < 1.29 is 14.4 Å². The summed E-state index contributed by atoms with van der Waals surface area (Å²) in [7, 11) is 0.